The lowest BCUT2D eigenvalue weighted by Gasteiger charge is -2.10. The summed E-state index contributed by atoms with van der Waals surface area (Å²) in [4.78, 5) is 0. The molecule has 0 aliphatic heterocycles. The SMILES string of the molecule is CC(O)c1cccc(OCc2ccc3c(c2)CCC3)c1. The van der Waals surface area contributed by atoms with Crippen LogP contribution in [-0.4, -0.2) is 5.11 Å². The molecule has 0 fully saturated rings. The summed E-state index contributed by atoms with van der Waals surface area (Å²) < 4.78 is 5.83. The summed E-state index contributed by atoms with van der Waals surface area (Å²) in [5, 5.41) is 9.58. The number of hydrogen-bond donors (Lipinski definition) is 1. The third kappa shape index (κ3) is 2.86. The van der Waals surface area contributed by atoms with Crippen molar-refractivity contribution in [2.24, 2.45) is 0 Å². The molecule has 0 aromatic heterocycles. The van der Waals surface area contributed by atoms with Crippen LogP contribution in [0.1, 0.15) is 41.7 Å². The molecule has 1 unspecified atom stereocenters. The zero-order valence-corrected chi connectivity index (χ0v) is 11.8. The summed E-state index contributed by atoms with van der Waals surface area (Å²) in [6, 6.07) is 14.3. The molecule has 0 bridgehead atoms. The molecule has 1 aliphatic carbocycles. The van der Waals surface area contributed by atoms with Gasteiger partial charge in [-0.3, -0.25) is 0 Å². The topological polar surface area (TPSA) is 29.5 Å². The van der Waals surface area contributed by atoms with Gasteiger partial charge in [0.2, 0.25) is 0 Å². The summed E-state index contributed by atoms with van der Waals surface area (Å²) in [7, 11) is 0. The van der Waals surface area contributed by atoms with Crippen molar-refractivity contribution in [3.05, 3.63) is 64.7 Å². The molecular weight excluding hydrogens is 248 g/mol. The highest BCUT2D eigenvalue weighted by molar-refractivity contribution is 5.35. The highest BCUT2D eigenvalue weighted by Gasteiger charge is 2.11. The summed E-state index contributed by atoms with van der Waals surface area (Å²) >= 11 is 0. The molecule has 0 saturated carbocycles. The van der Waals surface area contributed by atoms with Crippen LogP contribution in [-0.2, 0) is 19.4 Å². The third-order valence-corrected chi connectivity index (χ3v) is 3.91. The summed E-state index contributed by atoms with van der Waals surface area (Å²) in [6.45, 7) is 2.34. The maximum Gasteiger partial charge on any atom is 0.120 e. The first-order chi connectivity index (χ1) is 9.72. The molecule has 0 saturated heterocycles. The summed E-state index contributed by atoms with van der Waals surface area (Å²) in [5.41, 5.74) is 5.07. The van der Waals surface area contributed by atoms with Crippen LogP contribution in [0.25, 0.3) is 0 Å². The van der Waals surface area contributed by atoms with E-state index in [-0.39, 0.29) is 0 Å². The van der Waals surface area contributed by atoms with Crippen LogP contribution in [0.3, 0.4) is 0 Å². The van der Waals surface area contributed by atoms with E-state index in [1.165, 1.54) is 36.0 Å². The van der Waals surface area contributed by atoms with Gasteiger partial charge in [0.25, 0.3) is 0 Å². The molecule has 2 aromatic carbocycles. The van der Waals surface area contributed by atoms with Gasteiger partial charge < -0.3 is 9.84 Å². The van der Waals surface area contributed by atoms with Crippen LogP contribution in [0.5, 0.6) is 5.75 Å². The molecular formula is C18H20O2. The van der Waals surface area contributed by atoms with Crippen molar-refractivity contribution in [1.29, 1.82) is 0 Å². The van der Waals surface area contributed by atoms with Crippen molar-refractivity contribution >= 4 is 0 Å². The highest BCUT2D eigenvalue weighted by Crippen LogP contribution is 2.24. The van der Waals surface area contributed by atoms with E-state index in [1.54, 1.807) is 6.92 Å². The second-order valence-corrected chi connectivity index (χ2v) is 5.49. The van der Waals surface area contributed by atoms with E-state index in [1.807, 2.05) is 24.3 Å². The Kier molecular flexibility index (Phi) is 3.75. The third-order valence-electron chi connectivity index (χ3n) is 3.91. The molecule has 2 heteroatoms. The van der Waals surface area contributed by atoms with Gasteiger partial charge in [0.05, 0.1) is 6.10 Å². The second kappa shape index (κ2) is 5.68. The number of hydrogen-bond acceptors (Lipinski definition) is 2. The predicted octanol–water partition coefficient (Wildman–Crippen LogP) is 3.81. The minimum absolute atomic E-state index is 0.460. The molecule has 2 aromatic rings. The number of benzene rings is 2. The van der Waals surface area contributed by atoms with Gasteiger partial charge in [0, 0.05) is 0 Å². The van der Waals surface area contributed by atoms with Crippen LogP contribution in [0.4, 0.5) is 0 Å². The van der Waals surface area contributed by atoms with Gasteiger partial charge in [-0.05, 0) is 60.6 Å². The molecule has 0 amide bonds. The fourth-order valence-electron chi connectivity index (χ4n) is 2.75. The first kappa shape index (κ1) is 13.2. The monoisotopic (exact) mass is 268 g/mol. The number of aryl methyl sites for hydroxylation is 2. The molecule has 0 heterocycles. The number of fused-ring (bicyclic) bond motifs is 1. The lowest BCUT2D eigenvalue weighted by Crippen LogP contribution is -1.98. The lowest BCUT2D eigenvalue weighted by molar-refractivity contribution is 0.198. The maximum absolute atomic E-state index is 9.58. The van der Waals surface area contributed by atoms with E-state index in [0.29, 0.717) is 6.61 Å². The molecule has 20 heavy (non-hydrogen) atoms. The van der Waals surface area contributed by atoms with Gasteiger partial charge in [-0.2, -0.15) is 0 Å². The average Bonchev–Trinajstić information content (AvgIpc) is 2.93. The van der Waals surface area contributed by atoms with Gasteiger partial charge in [0.1, 0.15) is 12.4 Å². The Balaban J connectivity index is 1.69. The minimum atomic E-state index is -0.460. The fourth-order valence-corrected chi connectivity index (χ4v) is 2.75. The zero-order chi connectivity index (χ0) is 13.9. The lowest BCUT2D eigenvalue weighted by atomic mass is 10.1. The first-order valence-electron chi connectivity index (χ1n) is 7.24. The van der Waals surface area contributed by atoms with Crippen LogP contribution in [0, 0.1) is 0 Å². The van der Waals surface area contributed by atoms with Crippen LogP contribution >= 0.6 is 0 Å². The maximum atomic E-state index is 9.58. The standard InChI is InChI=1S/C18H20O2/c1-13(19)16-5-3-7-18(11-16)20-12-14-8-9-15-4-2-6-17(15)10-14/h3,5,7-11,13,19H,2,4,6,12H2,1H3. The number of rotatable bonds is 4. The van der Waals surface area contributed by atoms with Crippen molar-refractivity contribution in [3.63, 3.8) is 0 Å². The van der Waals surface area contributed by atoms with Gasteiger partial charge >= 0.3 is 0 Å². The van der Waals surface area contributed by atoms with E-state index < -0.39 is 6.10 Å². The van der Waals surface area contributed by atoms with Crippen LogP contribution in [0.2, 0.25) is 0 Å². The smallest absolute Gasteiger partial charge is 0.120 e. The van der Waals surface area contributed by atoms with Crippen molar-refractivity contribution in [2.75, 3.05) is 0 Å². The molecule has 1 N–H and O–H groups in total. The molecule has 0 spiro atoms. The Hall–Kier alpha value is -1.80. The van der Waals surface area contributed by atoms with Gasteiger partial charge in [0.15, 0.2) is 0 Å². The van der Waals surface area contributed by atoms with E-state index in [4.69, 9.17) is 4.74 Å². The summed E-state index contributed by atoms with van der Waals surface area (Å²) in [6.07, 6.45) is 3.22. The summed E-state index contributed by atoms with van der Waals surface area (Å²) in [5.74, 6) is 0.809. The van der Waals surface area contributed by atoms with Crippen molar-refractivity contribution < 1.29 is 9.84 Å². The van der Waals surface area contributed by atoms with Gasteiger partial charge in [-0.15, -0.1) is 0 Å². The largest absolute Gasteiger partial charge is 0.489 e. The molecule has 3 rings (SSSR count). The Bertz CT molecular complexity index is 602. The average molecular weight is 268 g/mol. The number of ether oxygens (including phenoxy) is 1. The number of aliphatic hydroxyl groups excluding tert-OH is 1. The zero-order valence-electron chi connectivity index (χ0n) is 11.8. The fraction of sp³-hybridized carbons (Fsp3) is 0.333. The Morgan fingerprint density at radius 2 is 1.95 bits per heavy atom. The Labute approximate surface area is 120 Å². The minimum Gasteiger partial charge on any atom is -0.489 e. The van der Waals surface area contributed by atoms with Crippen molar-refractivity contribution in [1.82, 2.24) is 0 Å². The van der Waals surface area contributed by atoms with Crippen LogP contribution in [0.15, 0.2) is 42.5 Å². The Morgan fingerprint density at radius 1 is 1.10 bits per heavy atom. The van der Waals surface area contributed by atoms with Crippen LogP contribution < -0.4 is 4.74 Å². The van der Waals surface area contributed by atoms with E-state index in [9.17, 15) is 5.11 Å². The van der Waals surface area contributed by atoms with Crippen molar-refractivity contribution in [3.8, 4) is 5.75 Å². The Morgan fingerprint density at radius 3 is 2.80 bits per heavy atom. The van der Waals surface area contributed by atoms with Crippen molar-refractivity contribution in [2.45, 2.75) is 38.9 Å². The number of aliphatic hydroxyl groups is 1. The van der Waals surface area contributed by atoms with Gasteiger partial charge in [-0.1, -0.05) is 30.3 Å². The second-order valence-electron chi connectivity index (χ2n) is 5.49. The molecule has 0 radical (unpaired) electrons. The molecule has 1 atom stereocenters. The predicted molar refractivity (Wildman–Crippen MR) is 79.9 cm³/mol. The highest BCUT2D eigenvalue weighted by atomic mass is 16.5. The van der Waals surface area contributed by atoms with E-state index >= 15 is 0 Å². The molecule has 2 nitrogen and oxygen atoms in total. The quantitative estimate of drug-likeness (QED) is 0.913. The van der Waals surface area contributed by atoms with E-state index in [0.717, 1.165) is 11.3 Å². The first-order valence-corrected chi connectivity index (χ1v) is 7.24. The van der Waals surface area contributed by atoms with E-state index in [2.05, 4.69) is 18.2 Å². The molecule has 104 valence electrons. The van der Waals surface area contributed by atoms with Gasteiger partial charge in [-0.25, -0.2) is 0 Å². The molecule has 1 aliphatic rings. The normalized spacial score (nSPS) is 14.9.